The lowest BCUT2D eigenvalue weighted by molar-refractivity contribution is -0.385. The van der Waals surface area contributed by atoms with Gasteiger partial charge >= 0.3 is 11.7 Å². The van der Waals surface area contributed by atoms with Crippen molar-refractivity contribution in [3.05, 3.63) is 93.5 Å². The average molecular weight is 507 g/mol. The molecule has 3 rings (SSSR count). The number of rotatable bonds is 10. The second kappa shape index (κ2) is 12.2. The van der Waals surface area contributed by atoms with Gasteiger partial charge in [0.05, 0.1) is 24.8 Å². The Labute approximate surface area is 212 Å². The molecule has 192 valence electrons. The number of methoxy groups -OCH3 is 2. The summed E-state index contributed by atoms with van der Waals surface area (Å²) in [7, 11) is 2.74. The van der Waals surface area contributed by atoms with Crippen LogP contribution in [0, 0.1) is 17.0 Å². The fourth-order valence-electron chi connectivity index (χ4n) is 3.42. The second-order valence-electron chi connectivity index (χ2n) is 7.80. The van der Waals surface area contributed by atoms with Crippen LogP contribution >= 0.6 is 0 Å². The van der Waals surface area contributed by atoms with Crippen molar-refractivity contribution in [3.63, 3.8) is 0 Å². The van der Waals surface area contributed by atoms with E-state index in [0.29, 0.717) is 17.0 Å². The first-order valence-corrected chi connectivity index (χ1v) is 11.0. The number of aryl methyl sites for hydroxylation is 1. The molecule has 2 N–H and O–H groups in total. The Morgan fingerprint density at radius 3 is 2.27 bits per heavy atom. The molecule has 0 aromatic heterocycles. The first kappa shape index (κ1) is 26.7. The average Bonchev–Trinajstić information content (AvgIpc) is 2.90. The Hall–Kier alpha value is -4.93. The molecular weight excluding hydrogens is 482 g/mol. The van der Waals surface area contributed by atoms with Crippen LogP contribution < -0.4 is 20.1 Å². The number of anilines is 1. The zero-order valence-electron chi connectivity index (χ0n) is 20.3. The van der Waals surface area contributed by atoms with E-state index in [1.807, 2.05) is 13.0 Å². The Balaban J connectivity index is 1.73. The lowest BCUT2D eigenvalue weighted by Gasteiger charge is -2.19. The van der Waals surface area contributed by atoms with E-state index in [2.05, 4.69) is 10.6 Å². The molecule has 0 unspecified atom stereocenters. The van der Waals surface area contributed by atoms with E-state index in [0.717, 1.165) is 11.6 Å². The number of carbonyl (C=O) groups excluding carboxylic acids is 3. The fourth-order valence-corrected chi connectivity index (χ4v) is 3.42. The summed E-state index contributed by atoms with van der Waals surface area (Å²) in [4.78, 5) is 48.7. The van der Waals surface area contributed by atoms with Crippen LogP contribution in [0.4, 0.5) is 11.4 Å². The quantitative estimate of drug-likeness (QED) is 0.241. The van der Waals surface area contributed by atoms with Crippen molar-refractivity contribution in [1.82, 2.24) is 5.32 Å². The molecule has 0 saturated heterocycles. The standard InChI is InChI=1S/C26H25N3O8/c1-16-9-11-21(35-2)19(13-16)28-26(32)24(17-7-5-4-6-8-17)37-23(30)15-27-25(31)18-10-12-22(36-3)20(14-18)29(33)34/h4-14,24H,15H2,1-3H3,(H,27,31)(H,28,32)/t24-/m0/s1. The third-order valence-corrected chi connectivity index (χ3v) is 5.23. The van der Waals surface area contributed by atoms with Crippen molar-refractivity contribution in [2.24, 2.45) is 0 Å². The highest BCUT2D eigenvalue weighted by Crippen LogP contribution is 2.29. The Bertz CT molecular complexity index is 1310. The van der Waals surface area contributed by atoms with Crippen molar-refractivity contribution in [1.29, 1.82) is 0 Å². The van der Waals surface area contributed by atoms with Crippen molar-refractivity contribution in [2.75, 3.05) is 26.1 Å². The number of amides is 2. The number of nitrogens with one attached hydrogen (secondary N) is 2. The lowest BCUT2D eigenvalue weighted by Crippen LogP contribution is -2.33. The molecule has 3 aromatic rings. The van der Waals surface area contributed by atoms with Crippen LogP contribution in [0.25, 0.3) is 0 Å². The largest absolute Gasteiger partial charge is 0.495 e. The van der Waals surface area contributed by atoms with Gasteiger partial charge in [0, 0.05) is 17.2 Å². The molecular formula is C26H25N3O8. The maximum atomic E-state index is 13.1. The summed E-state index contributed by atoms with van der Waals surface area (Å²) >= 11 is 0. The van der Waals surface area contributed by atoms with Crippen LogP contribution in [0.15, 0.2) is 66.7 Å². The van der Waals surface area contributed by atoms with Crippen molar-refractivity contribution < 1.29 is 33.5 Å². The van der Waals surface area contributed by atoms with E-state index in [-0.39, 0.29) is 11.3 Å². The number of benzene rings is 3. The SMILES string of the molecule is COc1ccc(C)cc1NC(=O)[C@@H](OC(=O)CNC(=O)c1ccc(OC)c([N+](=O)[O-])c1)c1ccccc1. The van der Waals surface area contributed by atoms with E-state index in [1.54, 1.807) is 42.5 Å². The zero-order valence-corrected chi connectivity index (χ0v) is 20.3. The number of nitro benzene ring substituents is 1. The van der Waals surface area contributed by atoms with Crippen molar-refractivity contribution >= 4 is 29.2 Å². The molecule has 11 nitrogen and oxygen atoms in total. The third kappa shape index (κ3) is 6.82. The van der Waals surface area contributed by atoms with Gasteiger partial charge in [-0.05, 0) is 36.8 Å². The predicted octanol–water partition coefficient (Wildman–Crippen LogP) is 3.57. The minimum atomic E-state index is -1.32. The van der Waals surface area contributed by atoms with Crippen LogP contribution in [0.3, 0.4) is 0 Å². The molecule has 0 radical (unpaired) electrons. The summed E-state index contributed by atoms with van der Waals surface area (Å²) in [6.07, 6.45) is -1.32. The molecule has 37 heavy (non-hydrogen) atoms. The molecule has 0 aliphatic rings. The Morgan fingerprint density at radius 2 is 1.62 bits per heavy atom. The number of nitrogens with zero attached hydrogens (tertiary/aromatic N) is 1. The maximum Gasteiger partial charge on any atom is 0.326 e. The molecule has 1 atom stereocenters. The van der Waals surface area contributed by atoms with E-state index in [4.69, 9.17) is 14.2 Å². The highest BCUT2D eigenvalue weighted by molar-refractivity contribution is 5.99. The van der Waals surface area contributed by atoms with E-state index in [9.17, 15) is 24.5 Å². The maximum absolute atomic E-state index is 13.1. The summed E-state index contributed by atoms with van der Waals surface area (Å²) < 4.78 is 15.6. The number of nitro groups is 1. The number of ether oxygens (including phenoxy) is 3. The van der Waals surface area contributed by atoms with Crippen LogP contribution in [0.5, 0.6) is 11.5 Å². The molecule has 11 heteroatoms. The third-order valence-electron chi connectivity index (χ3n) is 5.23. The summed E-state index contributed by atoms with van der Waals surface area (Å²) in [5, 5.41) is 16.3. The second-order valence-corrected chi connectivity index (χ2v) is 7.80. The van der Waals surface area contributed by atoms with Crippen LogP contribution in [-0.2, 0) is 14.3 Å². The highest BCUT2D eigenvalue weighted by Gasteiger charge is 2.26. The van der Waals surface area contributed by atoms with Crippen LogP contribution in [0.2, 0.25) is 0 Å². The summed E-state index contributed by atoms with van der Waals surface area (Å²) in [5.74, 6) is -1.84. The Morgan fingerprint density at radius 1 is 0.946 bits per heavy atom. The number of esters is 1. The zero-order chi connectivity index (χ0) is 26.9. The van der Waals surface area contributed by atoms with Gasteiger partial charge in [-0.3, -0.25) is 24.5 Å². The van der Waals surface area contributed by atoms with Gasteiger partial charge in [-0.1, -0.05) is 36.4 Å². The van der Waals surface area contributed by atoms with Gasteiger partial charge in [-0.2, -0.15) is 0 Å². The van der Waals surface area contributed by atoms with Gasteiger partial charge in [0.25, 0.3) is 11.8 Å². The molecule has 3 aromatic carbocycles. The number of carbonyl (C=O) groups is 3. The first-order valence-electron chi connectivity index (χ1n) is 11.0. The van der Waals surface area contributed by atoms with E-state index < -0.39 is 41.0 Å². The summed E-state index contributed by atoms with van der Waals surface area (Å²) in [6, 6.07) is 17.3. The van der Waals surface area contributed by atoms with Crippen molar-refractivity contribution in [2.45, 2.75) is 13.0 Å². The van der Waals surface area contributed by atoms with Crippen LogP contribution in [0.1, 0.15) is 27.6 Å². The molecule has 0 aliphatic heterocycles. The van der Waals surface area contributed by atoms with Crippen molar-refractivity contribution in [3.8, 4) is 11.5 Å². The van der Waals surface area contributed by atoms with E-state index >= 15 is 0 Å². The molecule has 2 amide bonds. The molecule has 0 spiro atoms. The molecule has 0 bridgehead atoms. The minimum Gasteiger partial charge on any atom is -0.495 e. The van der Waals surface area contributed by atoms with Gasteiger partial charge < -0.3 is 24.8 Å². The molecule has 0 aliphatic carbocycles. The normalized spacial score (nSPS) is 11.1. The van der Waals surface area contributed by atoms with Gasteiger partial charge in [0.15, 0.2) is 5.75 Å². The van der Waals surface area contributed by atoms with Gasteiger partial charge in [0.2, 0.25) is 6.10 Å². The van der Waals surface area contributed by atoms with Crippen LogP contribution in [-0.4, -0.2) is 43.5 Å². The fraction of sp³-hybridized carbons (Fsp3) is 0.192. The monoisotopic (exact) mass is 507 g/mol. The van der Waals surface area contributed by atoms with Gasteiger partial charge in [-0.25, -0.2) is 0 Å². The van der Waals surface area contributed by atoms with Gasteiger partial charge in [0.1, 0.15) is 12.3 Å². The summed E-state index contributed by atoms with van der Waals surface area (Å²) in [6.45, 7) is 1.27. The lowest BCUT2D eigenvalue weighted by atomic mass is 10.1. The topological polar surface area (TPSA) is 146 Å². The number of hydrogen-bond acceptors (Lipinski definition) is 8. The van der Waals surface area contributed by atoms with E-state index in [1.165, 1.54) is 26.4 Å². The predicted molar refractivity (Wildman–Crippen MR) is 134 cm³/mol. The molecule has 0 heterocycles. The molecule has 0 saturated carbocycles. The molecule has 0 fully saturated rings. The Kier molecular flexibility index (Phi) is 8.76. The minimum absolute atomic E-state index is 0.0112. The smallest absolute Gasteiger partial charge is 0.326 e. The first-order chi connectivity index (χ1) is 17.7. The van der Waals surface area contributed by atoms with Gasteiger partial charge in [-0.15, -0.1) is 0 Å². The summed E-state index contributed by atoms with van der Waals surface area (Å²) in [5.41, 5.74) is 1.25. The highest BCUT2D eigenvalue weighted by atomic mass is 16.6. The number of hydrogen-bond donors (Lipinski definition) is 2.